The van der Waals surface area contributed by atoms with Crippen LogP contribution in [-0.2, 0) is 39.0 Å². The first-order chi connectivity index (χ1) is 14.2. The van der Waals surface area contributed by atoms with Crippen LogP contribution < -0.4 is 10.5 Å². The van der Waals surface area contributed by atoms with Gasteiger partial charge in [-0.3, -0.25) is 9.59 Å². The van der Waals surface area contributed by atoms with Crippen LogP contribution in [0.25, 0.3) is 0 Å². The Kier molecular flexibility index (Phi) is 5.57. The summed E-state index contributed by atoms with van der Waals surface area (Å²) < 4.78 is 24.4. The highest BCUT2D eigenvalue weighted by Crippen LogP contribution is 2.35. The fourth-order valence-electron chi connectivity index (χ4n) is 3.78. The van der Waals surface area contributed by atoms with Gasteiger partial charge in [0.05, 0.1) is 11.3 Å². The van der Waals surface area contributed by atoms with Crippen LogP contribution in [0.2, 0.25) is 5.02 Å². The molecule has 0 aromatic heterocycles. The number of sulfonamides is 1. The Bertz CT molecular complexity index is 1130. The van der Waals surface area contributed by atoms with E-state index < -0.39 is 10.0 Å². The van der Waals surface area contributed by atoms with Gasteiger partial charge in [-0.05, 0) is 54.2 Å². The van der Waals surface area contributed by atoms with Crippen LogP contribution in [-0.4, -0.2) is 31.7 Å². The predicted octanol–water partition coefficient (Wildman–Crippen LogP) is 2.46. The van der Waals surface area contributed by atoms with Gasteiger partial charge in [0.2, 0.25) is 21.8 Å². The standard InChI is InChI=1S/C21H22ClN3O4S/c22-18-4-2-1-3-14(18)10-20(26)24-16-9-15-12-25(21(27)13-5-6-13)8-7-17(15)19(11-16)30(23,28)29/h1-4,9,11,13H,5-8,10,12H2,(H,24,26)(H2,23,28,29). The molecule has 0 bridgehead atoms. The Morgan fingerprint density at radius 1 is 1.20 bits per heavy atom. The lowest BCUT2D eigenvalue weighted by molar-refractivity contribution is -0.133. The molecule has 9 heteroatoms. The van der Waals surface area contributed by atoms with Gasteiger partial charge < -0.3 is 10.2 Å². The fraction of sp³-hybridized carbons (Fsp3) is 0.333. The highest BCUT2D eigenvalue weighted by molar-refractivity contribution is 7.89. The molecule has 2 aromatic carbocycles. The molecule has 2 aliphatic rings. The molecule has 0 atom stereocenters. The molecule has 0 radical (unpaired) electrons. The molecule has 7 nitrogen and oxygen atoms in total. The van der Waals surface area contributed by atoms with Crippen molar-refractivity contribution in [2.45, 2.75) is 37.1 Å². The summed E-state index contributed by atoms with van der Waals surface area (Å²) in [5.74, 6) is -0.140. The maximum absolute atomic E-state index is 12.5. The molecule has 1 fully saturated rings. The zero-order valence-electron chi connectivity index (χ0n) is 16.2. The summed E-state index contributed by atoms with van der Waals surface area (Å²) in [6, 6.07) is 10.1. The molecule has 158 valence electrons. The normalized spacial score (nSPS) is 16.1. The van der Waals surface area contributed by atoms with Crippen LogP contribution >= 0.6 is 11.6 Å². The lowest BCUT2D eigenvalue weighted by Gasteiger charge is -2.30. The number of hydrogen-bond acceptors (Lipinski definition) is 4. The summed E-state index contributed by atoms with van der Waals surface area (Å²) in [7, 11) is -3.99. The summed E-state index contributed by atoms with van der Waals surface area (Å²) in [5.41, 5.74) is 2.30. The van der Waals surface area contributed by atoms with Crippen LogP contribution in [0.4, 0.5) is 5.69 Å². The van der Waals surface area contributed by atoms with Crippen molar-refractivity contribution in [3.8, 4) is 0 Å². The van der Waals surface area contributed by atoms with Gasteiger partial charge >= 0.3 is 0 Å². The molecule has 2 aromatic rings. The first-order valence-electron chi connectivity index (χ1n) is 9.73. The molecule has 0 saturated heterocycles. The Morgan fingerprint density at radius 2 is 1.93 bits per heavy atom. The average molecular weight is 448 g/mol. The van der Waals surface area contributed by atoms with Crippen LogP contribution in [0, 0.1) is 5.92 Å². The van der Waals surface area contributed by atoms with Crippen molar-refractivity contribution in [1.29, 1.82) is 0 Å². The maximum Gasteiger partial charge on any atom is 0.238 e. The first kappa shape index (κ1) is 20.8. The number of rotatable bonds is 5. The van der Waals surface area contributed by atoms with Crippen LogP contribution in [0.3, 0.4) is 0 Å². The third kappa shape index (κ3) is 4.50. The number of nitrogens with one attached hydrogen (secondary N) is 1. The number of nitrogens with zero attached hydrogens (tertiary/aromatic N) is 1. The molecule has 0 spiro atoms. The van der Waals surface area contributed by atoms with Gasteiger partial charge in [0.1, 0.15) is 0 Å². The largest absolute Gasteiger partial charge is 0.338 e. The SMILES string of the molecule is NS(=O)(=O)c1cc(NC(=O)Cc2ccccc2Cl)cc2c1CCN(C(=O)C1CC1)C2. The number of nitrogens with two attached hydrogens (primary N) is 1. The van der Waals surface area contributed by atoms with E-state index >= 15 is 0 Å². The molecule has 30 heavy (non-hydrogen) atoms. The van der Waals surface area contributed by atoms with Crippen molar-refractivity contribution in [1.82, 2.24) is 4.90 Å². The zero-order valence-corrected chi connectivity index (χ0v) is 17.8. The van der Waals surface area contributed by atoms with Gasteiger partial charge in [0, 0.05) is 29.7 Å². The van der Waals surface area contributed by atoms with Crippen molar-refractivity contribution >= 4 is 39.1 Å². The third-order valence-corrected chi connectivity index (χ3v) is 6.78. The summed E-state index contributed by atoms with van der Waals surface area (Å²) in [6.45, 7) is 0.768. The van der Waals surface area contributed by atoms with Gasteiger partial charge in [-0.2, -0.15) is 0 Å². The van der Waals surface area contributed by atoms with E-state index in [1.807, 2.05) is 0 Å². The van der Waals surface area contributed by atoms with Gasteiger partial charge in [0.25, 0.3) is 0 Å². The molecule has 0 unspecified atom stereocenters. The third-order valence-electron chi connectivity index (χ3n) is 5.43. The van der Waals surface area contributed by atoms with Crippen LogP contribution in [0.5, 0.6) is 0 Å². The summed E-state index contributed by atoms with van der Waals surface area (Å²) in [6.07, 6.45) is 2.27. The summed E-state index contributed by atoms with van der Waals surface area (Å²) >= 11 is 6.11. The van der Waals surface area contributed by atoms with E-state index in [-0.39, 0.29) is 29.0 Å². The van der Waals surface area contributed by atoms with Crippen molar-refractivity contribution in [3.63, 3.8) is 0 Å². The number of hydrogen-bond donors (Lipinski definition) is 2. The molecule has 1 aliphatic heterocycles. The van der Waals surface area contributed by atoms with Gasteiger partial charge in [-0.15, -0.1) is 0 Å². The highest BCUT2D eigenvalue weighted by Gasteiger charge is 2.35. The smallest absolute Gasteiger partial charge is 0.238 e. The topological polar surface area (TPSA) is 110 Å². The molecule has 1 heterocycles. The minimum Gasteiger partial charge on any atom is -0.338 e. The number of fused-ring (bicyclic) bond motifs is 1. The monoisotopic (exact) mass is 447 g/mol. The molecule has 3 N–H and O–H groups in total. The molecule has 2 amide bonds. The van der Waals surface area contributed by atoms with E-state index in [4.69, 9.17) is 16.7 Å². The minimum absolute atomic E-state index is 0.00781. The molecular weight excluding hydrogens is 426 g/mol. The van der Waals surface area contributed by atoms with Crippen molar-refractivity contribution < 1.29 is 18.0 Å². The fourth-order valence-corrected chi connectivity index (χ4v) is 4.85. The predicted molar refractivity (Wildman–Crippen MR) is 113 cm³/mol. The number of amides is 2. The van der Waals surface area contributed by atoms with Crippen molar-refractivity contribution in [3.05, 3.63) is 58.1 Å². The molecule has 1 aliphatic carbocycles. The Morgan fingerprint density at radius 3 is 2.60 bits per heavy atom. The van der Waals surface area contributed by atoms with Gasteiger partial charge in [0.15, 0.2) is 0 Å². The quantitative estimate of drug-likeness (QED) is 0.733. The van der Waals surface area contributed by atoms with E-state index in [1.165, 1.54) is 6.07 Å². The number of halogens is 1. The highest BCUT2D eigenvalue weighted by atomic mass is 35.5. The van der Waals surface area contributed by atoms with E-state index in [1.54, 1.807) is 35.2 Å². The summed E-state index contributed by atoms with van der Waals surface area (Å²) in [5, 5.41) is 8.66. The second-order valence-corrected chi connectivity index (χ2v) is 9.69. The second kappa shape index (κ2) is 8.02. The van der Waals surface area contributed by atoms with Gasteiger partial charge in [-0.25, -0.2) is 13.6 Å². The van der Waals surface area contributed by atoms with E-state index in [0.717, 1.165) is 12.8 Å². The average Bonchev–Trinajstić information content (AvgIpc) is 3.52. The van der Waals surface area contributed by atoms with E-state index in [2.05, 4.69) is 5.32 Å². The summed E-state index contributed by atoms with van der Waals surface area (Å²) in [4.78, 5) is 26.7. The first-order valence-corrected chi connectivity index (χ1v) is 11.7. The van der Waals surface area contributed by atoms with Gasteiger partial charge in [-0.1, -0.05) is 29.8 Å². The van der Waals surface area contributed by atoms with Crippen molar-refractivity contribution in [2.24, 2.45) is 11.1 Å². The second-order valence-electron chi connectivity index (χ2n) is 7.76. The zero-order chi connectivity index (χ0) is 21.5. The number of primary sulfonamides is 1. The molecule has 1 saturated carbocycles. The molecular formula is C21H22ClN3O4S. The minimum atomic E-state index is -3.99. The lowest BCUT2D eigenvalue weighted by atomic mass is 9.98. The van der Waals surface area contributed by atoms with E-state index in [0.29, 0.717) is 46.9 Å². The van der Waals surface area contributed by atoms with Crippen molar-refractivity contribution in [2.75, 3.05) is 11.9 Å². The van der Waals surface area contributed by atoms with Crippen LogP contribution in [0.15, 0.2) is 41.3 Å². The lowest BCUT2D eigenvalue weighted by Crippen LogP contribution is -2.37. The Hall–Kier alpha value is -2.42. The maximum atomic E-state index is 12.5. The number of anilines is 1. The Labute approximate surface area is 180 Å². The number of carbonyl (C=O) groups excluding carboxylic acids is 2. The number of benzene rings is 2. The van der Waals surface area contributed by atoms with Crippen LogP contribution in [0.1, 0.15) is 29.5 Å². The molecule has 4 rings (SSSR count). The Balaban J connectivity index is 1.60. The number of carbonyl (C=O) groups is 2. The van der Waals surface area contributed by atoms with E-state index in [9.17, 15) is 18.0 Å².